The fraction of sp³-hybridized carbons (Fsp3) is 0.200. The van der Waals surface area contributed by atoms with Crippen LogP contribution >= 0.6 is 0 Å². The summed E-state index contributed by atoms with van der Waals surface area (Å²) in [4.78, 5) is 26.2. The smallest absolute Gasteiger partial charge is 0.322 e. The average molecular weight is 396 g/mol. The van der Waals surface area contributed by atoms with Gasteiger partial charge in [-0.25, -0.2) is 4.39 Å². The van der Waals surface area contributed by atoms with Crippen LogP contribution in [-0.2, 0) is 4.79 Å². The number of ether oxygens (including phenoxy) is 1. The number of carbonyl (C=O) groups is 2. The van der Waals surface area contributed by atoms with Crippen molar-refractivity contribution in [3.63, 3.8) is 0 Å². The largest absolute Gasteiger partial charge is 0.497 e. The topological polar surface area (TPSA) is 97.6 Å². The Bertz CT molecular complexity index is 1030. The number of rotatable bonds is 5. The number of anilines is 2. The number of nitrogens with one attached hydrogen (secondary N) is 1. The number of amides is 2. The first kappa shape index (κ1) is 18.6. The predicted octanol–water partition coefficient (Wildman–Crippen LogP) is 2.99. The summed E-state index contributed by atoms with van der Waals surface area (Å²) in [6.45, 7) is 0.332. The van der Waals surface area contributed by atoms with Crippen molar-refractivity contribution in [1.29, 1.82) is 0 Å². The van der Waals surface area contributed by atoms with Crippen molar-refractivity contribution in [3.8, 4) is 5.75 Å². The van der Waals surface area contributed by atoms with Crippen LogP contribution in [0.25, 0.3) is 0 Å². The summed E-state index contributed by atoms with van der Waals surface area (Å²) in [6.07, 6.45) is 0.186. The Balaban J connectivity index is 1.42. The standard InChI is InChI=1S/C20H17FN4O4/c1-28-16-8-2-12(3-9-16)18(27)22-20-24-23-19(29-20)13-10-17(26)25(11-13)15-6-4-14(21)5-7-15/h2-9,13H,10-11H2,1H3,(H,22,24,27)/t13-/m0/s1. The molecule has 8 nitrogen and oxygen atoms in total. The predicted molar refractivity (Wildman–Crippen MR) is 101 cm³/mol. The van der Waals surface area contributed by atoms with Gasteiger partial charge in [-0.05, 0) is 48.5 Å². The summed E-state index contributed by atoms with van der Waals surface area (Å²) in [5, 5.41) is 10.3. The normalized spacial score (nSPS) is 16.1. The molecule has 0 spiro atoms. The monoisotopic (exact) mass is 396 g/mol. The molecule has 0 radical (unpaired) electrons. The van der Waals surface area contributed by atoms with E-state index in [1.807, 2.05) is 0 Å². The molecule has 1 aliphatic rings. The van der Waals surface area contributed by atoms with Gasteiger partial charge in [-0.15, -0.1) is 5.10 Å². The SMILES string of the molecule is COc1ccc(C(=O)Nc2nnc([C@H]3CC(=O)N(c4ccc(F)cc4)C3)o2)cc1. The minimum atomic E-state index is -0.404. The lowest BCUT2D eigenvalue weighted by Crippen LogP contribution is -2.24. The molecule has 0 aliphatic carbocycles. The Morgan fingerprint density at radius 2 is 1.90 bits per heavy atom. The van der Waals surface area contributed by atoms with Crippen molar-refractivity contribution in [3.05, 3.63) is 65.8 Å². The van der Waals surface area contributed by atoms with Gasteiger partial charge in [0.2, 0.25) is 11.8 Å². The maximum absolute atomic E-state index is 13.1. The van der Waals surface area contributed by atoms with Crippen LogP contribution < -0.4 is 15.0 Å². The van der Waals surface area contributed by atoms with Gasteiger partial charge in [0.15, 0.2) is 0 Å². The van der Waals surface area contributed by atoms with Crippen LogP contribution in [0.5, 0.6) is 5.75 Å². The summed E-state index contributed by atoms with van der Waals surface area (Å²) in [5.74, 6) is -0.314. The van der Waals surface area contributed by atoms with Crippen molar-refractivity contribution in [2.75, 3.05) is 23.9 Å². The third kappa shape index (κ3) is 3.93. The summed E-state index contributed by atoms with van der Waals surface area (Å²) >= 11 is 0. The van der Waals surface area contributed by atoms with Gasteiger partial charge in [0, 0.05) is 24.2 Å². The van der Waals surface area contributed by atoms with Gasteiger partial charge in [-0.1, -0.05) is 5.10 Å². The summed E-state index contributed by atoms with van der Waals surface area (Å²) in [5.41, 5.74) is 1.01. The highest BCUT2D eigenvalue weighted by Gasteiger charge is 2.35. The van der Waals surface area contributed by atoms with Crippen molar-refractivity contribution >= 4 is 23.5 Å². The maximum Gasteiger partial charge on any atom is 0.322 e. The minimum Gasteiger partial charge on any atom is -0.497 e. The second kappa shape index (κ2) is 7.70. The van der Waals surface area contributed by atoms with Crippen LogP contribution in [0.2, 0.25) is 0 Å². The molecule has 29 heavy (non-hydrogen) atoms. The summed E-state index contributed by atoms with van der Waals surface area (Å²) in [7, 11) is 1.54. The molecule has 1 N–H and O–H groups in total. The number of carbonyl (C=O) groups excluding carboxylic acids is 2. The van der Waals surface area contributed by atoms with Crippen molar-refractivity contribution < 1.29 is 23.1 Å². The Morgan fingerprint density at radius 1 is 1.17 bits per heavy atom. The van der Waals surface area contributed by atoms with Crippen molar-refractivity contribution in [2.45, 2.75) is 12.3 Å². The van der Waals surface area contributed by atoms with Crippen LogP contribution in [0.15, 0.2) is 52.9 Å². The van der Waals surface area contributed by atoms with E-state index in [9.17, 15) is 14.0 Å². The van der Waals surface area contributed by atoms with Crippen LogP contribution in [0.3, 0.4) is 0 Å². The first-order chi connectivity index (χ1) is 14.0. The molecule has 1 fully saturated rings. The van der Waals surface area contributed by atoms with E-state index in [2.05, 4.69) is 15.5 Å². The number of nitrogens with zero attached hydrogens (tertiary/aromatic N) is 3. The molecule has 4 rings (SSSR count). The van der Waals surface area contributed by atoms with Gasteiger partial charge in [0.05, 0.1) is 13.0 Å². The van der Waals surface area contributed by atoms with Gasteiger partial charge < -0.3 is 14.1 Å². The molecule has 2 aromatic carbocycles. The van der Waals surface area contributed by atoms with Gasteiger partial charge >= 0.3 is 6.01 Å². The highest BCUT2D eigenvalue weighted by atomic mass is 19.1. The molecule has 0 unspecified atom stereocenters. The molecule has 0 saturated carbocycles. The molecule has 3 aromatic rings. The first-order valence-corrected chi connectivity index (χ1v) is 8.88. The van der Waals surface area contributed by atoms with E-state index in [4.69, 9.17) is 9.15 Å². The number of hydrogen-bond acceptors (Lipinski definition) is 6. The molecular formula is C20H17FN4O4. The molecule has 9 heteroatoms. The molecule has 1 atom stereocenters. The van der Waals surface area contributed by atoms with Crippen LogP contribution in [0, 0.1) is 5.82 Å². The van der Waals surface area contributed by atoms with E-state index in [1.165, 1.54) is 12.1 Å². The summed E-state index contributed by atoms with van der Waals surface area (Å²) < 4.78 is 23.7. The lowest BCUT2D eigenvalue weighted by molar-refractivity contribution is -0.117. The molecule has 0 bridgehead atoms. The van der Waals surface area contributed by atoms with Gasteiger partial charge in [0.25, 0.3) is 5.91 Å². The molecular weight excluding hydrogens is 379 g/mol. The molecule has 1 aliphatic heterocycles. The number of halogens is 1. The van der Waals surface area contributed by atoms with Crippen LogP contribution in [0.4, 0.5) is 16.1 Å². The average Bonchev–Trinajstić information content (AvgIpc) is 3.35. The van der Waals surface area contributed by atoms with Gasteiger partial charge in [-0.3, -0.25) is 14.9 Å². The molecule has 2 amide bonds. The van der Waals surface area contributed by atoms with Crippen LogP contribution in [-0.4, -0.2) is 35.7 Å². The zero-order chi connectivity index (χ0) is 20.4. The summed E-state index contributed by atoms with van der Waals surface area (Å²) in [6, 6.07) is 12.2. The molecule has 1 aromatic heterocycles. The van der Waals surface area contributed by atoms with E-state index >= 15 is 0 Å². The van der Waals surface area contributed by atoms with Gasteiger partial charge in [0.1, 0.15) is 11.6 Å². The minimum absolute atomic E-state index is 0.0477. The fourth-order valence-electron chi connectivity index (χ4n) is 3.11. The Hall–Kier alpha value is -3.75. The third-order valence-corrected chi connectivity index (χ3v) is 4.63. The second-order valence-electron chi connectivity index (χ2n) is 6.51. The number of hydrogen-bond donors (Lipinski definition) is 1. The second-order valence-corrected chi connectivity index (χ2v) is 6.51. The van der Waals surface area contributed by atoms with Crippen molar-refractivity contribution in [1.82, 2.24) is 10.2 Å². The van der Waals surface area contributed by atoms with E-state index in [1.54, 1.807) is 48.4 Å². The fourth-order valence-corrected chi connectivity index (χ4v) is 3.11. The Labute approximate surface area is 165 Å². The number of aromatic nitrogens is 2. The third-order valence-electron chi connectivity index (χ3n) is 4.63. The zero-order valence-corrected chi connectivity index (χ0v) is 15.5. The van der Waals surface area contributed by atoms with E-state index in [0.29, 0.717) is 23.5 Å². The van der Waals surface area contributed by atoms with E-state index < -0.39 is 5.91 Å². The number of benzene rings is 2. The van der Waals surface area contributed by atoms with E-state index in [-0.39, 0.29) is 36.0 Å². The molecule has 148 valence electrons. The lowest BCUT2D eigenvalue weighted by atomic mass is 10.1. The highest BCUT2D eigenvalue weighted by Crippen LogP contribution is 2.31. The quantitative estimate of drug-likeness (QED) is 0.712. The lowest BCUT2D eigenvalue weighted by Gasteiger charge is -2.15. The Morgan fingerprint density at radius 3 is 2.59 bits per heavy atom. The first-order valence-electron chi connectivity index (χ1n) is 8.88. The van der Waals surface area contributed by atoms with Crippen molar-refractivity contribution in [2.24, 2.45) is 0 Å². The van der Waals surface area contributed by atoms with Gasteiger partial charge in [-0.2, -0.15) is 0 Å². The van der Waals surface area contributed by atoms with Crippen LogP contribution in [0.1, 0.15) is 28.6 Å². The Kier molecular flexibility index (Phi) is 4.94. The molecule has 1 saturated heterocycles. The zero-order valence-electron chi connectivity index (χ0n) is 15.5. The molecule has 2 heterocycles. The highest BCUT2D eigenvalue weighted by molar-refractivity contribution is 6.03. The van der Waals surface area contributed by atoms with E-state index in [0.717, 1.165) is 0 Å². The maximum atomic E-state index is 13.1. The number of methoxy groups -OCH3 is 1.